The molecular formula is C28H36N4O5. The Hall–Kier alpha value is -3.04. The predicted octanol–water partition coefficient (Wildman–Crippen LogP) is 2.53. The van der Waals surface area contributed by atoms with Crippen LogP contribution in [-0.2, 0) is 4.79 Å². The molecule has 2 aromatic rings. The fraction of sp³-hybridized carbons (Fsp3) is 0.571. The van der Waals surface area contributed by atoms with E-state index in [0.29, 0.717) is 49.8 Å². The van der Waals surface area contributed by atoms with Gasteiger partial charge in [0.1, 0.15) is 25.4 Å². The van der Waals surface area contributed by atoms with E-state index in [1.165, 1.54) is 0 Å². The number of ether oxygens (including phenoxy) is 3. The van der Waals surface area contributed by atoms with E-state index >= 15 is 0 Å². The highest BCUT2D eigenvalue weighted by Crippen LogP contribution is 2.34. The summed E-state index contributed by atoms with van der Waals surface area (Å²) in [6, 6.07) is 9.06. The van der Waals surface area contributed by atoms with Crippen LogP contribution >= 0.6 is 0 Å². The zero-order valence-electron chi connectivity index (χ0n) is 21.2. The molecule has 2 saturated heterocycles. The number of fused-ring (bicyclic) bond motifs is 1. The topological polar surface area (TPSA) is 96.4 Å². The lowest BCUT2D eigenvalue weighted by molar-refractivity contribution is -0.126. The Labute approximate surface area is 217 Å². The highest BCUT2D eigenvalue weighted by Gasteiger charge is 2.33. The number of aliphatic hydroxyl groups is 1. The van der Waals surface area contributed by atoms with Gasteiger partial charge in [0.25, 0.3) is 0 Å². The summed E-state index contributed by atoms with van der Waals surface area (Å²) in [5.41, 5.74) is 1.73. The molecule has 4 aliphatic rings. The minimum absolute atomic E-state index is 0.00932. The smallest absolute Gasteiger partial charge is 0.225 e. The van der Waals surface area contributed by atoms with Crippen molar-refractivity contribution in [3.8, 4) is 17.4 Å². The van der Waals surface area contributed by atoms with Crippen LogP contribution in [0.2, 0.25) is 0 Å². The molecule has 1 saturated carbocycles. The van der Waals surface area contributed by atoms with Crippen molar-refractivity contribution in [3.63, 3.8) is 0 Å². The molecule has 1 aromatic carbocycles. The number of hydrogen-bond donors (Lipinski definition) is 2. The summed E-state index contributed by atoms with van der Waals surface area (Å²) in [6.07, 6.45) is 6.59. The van der Waals surface area contributed by atoms with Crippen molar-refractivity contribution < 1.29 is 24.1 Å². The fourth-order valence-electron chi connectivity index (χ4n) is 5.44. The lowest BCUT2D eigenvalue weighted by atomic mass is 9.99. The number of hydrogen-bond acceptors (Lipinski definition) is 8. The van der Waals surface area contributed by atoms with Crippen LogP contribution in [0.5, 0.6) is 17.4 Å². The molecule has 3 aliphatic heterocycles. The molecule has 2 unspecified atom stereocenters. The molecule has 1 aromatic heterocycles. The van der Waals surface area contributed by atoms with Crippen LogP contribution in [0.4, 0.5) is 5.69 Å². The monoisotopic (exact) mass is 508 g/mol. The van der Waals surface area contributed by atoms with E-state index in [0.717, 1.165) is 63.0 Å². The van der Waals surface area contributed by atoms with Gasteiger partial charge < -0.3 is 34.4 Å². The van der Waals surface area contributed by atoms with Gasteiger partial charge in [-0.25, -0.2) is 4.98 Å². The SMILES string of the molecule is O=C(NC(CN1CCCC1)C(O)c1ccc2c(c1)OCCO2)[C@@H]1CCN(c2ccc(OC3CC3)nc2)C1. The molecule has 1 amide bonds. The molecular weight excluding hydrogens is 472 g/mol. The minimum Gasteiger partial charge on any atom is -0.486 e. The van der Waals surface area contributed by atoms with Crippen molar-refractivity contribution in [2.75, 3.05) is 50.8 Å². The number of amides is 1. The van der Waals surface area contributed by atoms with Crippen LogP contribution in [0.3, 0.4) is 0 Å². The molecule has 37 heavy (non-hydrogen) atoms. The summed E-state index contributed by atoms with van der Waals surface area (Å²) in [5, 5.41) is 14.6. The van der Waals surface area contributed by atoms with Crippen molar-refractivity contribution in [1.82, 2.24) is 15.2 Å². The third kappa shape index (κ3) is 5.78. The average molecular weight is 509 g/mol. The number of rotatable bonds is 9. The lowest BCUT2D eigenvalue weighted by Crippen LogP contribution is -2.48. The molecule has 9 nitrogen and oxygen atoms in total. The largest absolute Gasteiger partial charge is 0.486 e. The van der Waals surface area contributed by atoms with Crippen molar-refractivity contribution in [2.24, 2.45) is 5.92 Å². The minimum atomic E-state index is -0.846. The van der Waals surface area contributed by atoms with E-state index in [1.807, 2.05) is 36.5 Å². The van der Waals surface area contributed by atoms with Crippen molar-refractivity contribution in [3.05, 3.63) is 42.1 Å². The maximum absolute atomic E-state index is 13.4. The van der Waals surface area contributed by atoms with Crippen molar-refractivity contribution >= 4 is 11.6 Å². The van der Waals surface area contributed by atoms with E-state index in [4.69, 9.17) is 14.2 Å². The molecule has 2 N–H and O–H groups in total. The number of anilines is 1. The summed E-state index contributed by atoms with van der Waals surface area (Å²) in [7, 11) is 0. The van der Waals surface area contributed by atoms with E-state index in [-0.39, 0.29) is 11.8 Å². The van der Waals surface area contributed by atoms with Crippen LogP contribution in [0.15, 0.2) is 36.5 Å². The van der Waals surface area contributed by atoms with Gasteiger partial charge in [0.15, 0.2) is 11.5 Å². The Morgan fingerprint density at radius 1 is 1.08 bits per heavy atom. The summed E-state index contributed by atoms with van der Waals surface area (Å²) < 4.78 is 17.1. The van der Waals surface area contributed by atoms with Gasteiger partial charge in [-0.1, -0.05) is 6.07 Å². The Bertz CT molecular complexity index is 1090. The second kappa shape index (κ2) is 10.8. The van der Waals surface area contributed by atoms with Gasteiger partial charge in [-0.05, 0) is 69.0 Å². The van der Waals surface area contributed by atoms with E-state index in [1.54, 1.807) is 0 Å². The summed E-state index contributed by atoms with van der Waals surface area (Å²) in [6.45, 7) is 5.04. The van der Waals surface area contributed by atoms with Gasteiger partial charge in [0.2, 0.25) is 11.8 Å². The van der Waals surface area contributed by atoms with Crippen molar-refractivity contribution in [2.45, 2.75) is 50.4 Å². The number of carbonyl (C=O) groups excluding carboxylic acids is 1. The number of carbonyl (C=O) groups is 1. The normalized spacial score (nSPS) is 23.1. The Morgan fingerprint density at radius 2 is 1.89 bits per heavy atom. The highest BCUT2D eigenvalue weighted by atomic mass is 16.6. The van der Waals surface area contributed by atoms with Gasteiger partial charge in [-0.15, -0.1) is 0 Å². The lowest BCUT2D eigenvalue weighted by Gasteiger charge is -2.30. The number of nitrogens with one attached hydrogen (secondary N) is 1. The maximum atomic E-state index is 13.4. The zero-order valence-corrected chi connectivity index (χ0v) is 21.2. The second-order valence-electron chi connectivity index (χ2n) is 10.6. The van der Waals surface area contributed by atoms with Gasteiger partial charge in [0, 0.05) is 25.7 Å². The first-order valence-corrected chi connectivity index (χ1v) is 13.6. The molecule has 9 heteroatoms. The molecule has 0 radical (unpaired) electrons. The van der Waals surface area contributed by atoms with Crippen LogP contribution in [0.25, 0.3) is 0 Å². The first-order chi connectivity index (χ1) is 18.1. The number of aliphatic hydroxyl groups excluding tert-OH is 1. The van der Waals surface area contributed by atoms with Gasteiger partial charge in [-0.3, -0.25) is 4.79 Å². The van der Waals surface area contributed by atoms with Gasteiger partial charge in [-0.2, -0.15) is 0 Å². The number of nitrogens with zero attached hydrogens (tertiary/aromatic N) is 3. The highest BCUT2D eigenvalue weighted by molar-refractivity contribution is 5.80. The molecule has 4 heterocycles. The summed E-state index contributed by atoms with van der Waals surface area (Å²) >= 11 is 0. The number of aromatic nitrogens is 1. The summed E-state index contributed by atoms with van der Waals surface area (Å²) in [5.74, 6) is 1.84. The Kier molecular flexibility index (Phi) is 7.06. The van der Waals surface area contributed by atoms with Crippen LogP contribution in [0, 0.1) is 5.92 Å². The zero-order chi connectivity index (χ0) is 25.2. The molecule has 6 rings (SSSR count). The number of pyridine rings is 1. The molecule has 0 bridgehead atoms. The second-order valence-corrected chi connectivity index (χ2v) is 10.6. The van der Waals surface area contributed by atoms with Gasteiger partial charge >= 0.3 is 0 Å². The first-order valence-electron chi connectivity index (χ1n) is 13.6. The Morgan fingerprint density at radius 3 is 2.65 bits per heavy atom. The summed E-state index contributed by atoms with van der Waals surface area (Å²) in [4.78, 5) is 22.4. The van der Waals surface area contributed by atoms with E-state index < -0.39 is 12.1 Å². The van der Waals surface area contributed by atoms with Crippen LogP contribution in [0.1, 0.15) is 43.8 Å². The standard InChI is InChI=1S/C28H36N4O5/c33-27(19-3-7-24-25(15-19)36-14-13-35-24)23(18-31-10-1-2-11-31)30-28(34)20-9-12-32(17-20)21-4-8-26(29-16-21)37-22-5-6-22/h3-4,7-8,15-16,20,22-23,27,33H,1-2,5-6,9-14,17-18H2,(H,30,34)/t20-,23?,27?/m1/s1. The predicted molar refractivity (Wildman–Crippen MR) is 138 cm³/mol. The third-order valence-corrected chi connectivity index (χ3v) is 7.73. The first kappa shape index (κ1) is 24.3. The van der Waals surface area contributed by atoms with Crippen LogP contribution < -0.4 is 24.4 Å². The van der Waals surface area contributed by atoms with Gasteiger partial charge in [0.05, 0.1) is 23.8 Å². The third-order valence-electron chi connectivity index (χ3n) is 7.73. The maximum Gasteiger partial charge on any atom is 0.225 e. The fourth-order valence-corrected chi connectivity index (χ4v) is 5.44. The number of benzene rings is 1. The average Bonchev–Trinajstić information content (AvgIpc) is 3.37. The quantitative estimate of drug-likeness (QED) is 0.534. The molecule has 3 fully saturated rings. The van der Waals surface area contributed by atoms with E-state index in [9.17, 15) is 9.90 Å². The van der Waals surface area contributed by atoms with Crippen LogP contribution in [-0.4, -0.2) is 79.0 Å². The molecule has 198 valence electrons. The van der Waals surface area contributed by atoms with Crippen molar-refractivity contribution in [1.29, 1.82) is 0 Å². The Balaban J connectivity index is 1.11. The molecule has 0 spiro atoms. The number of likely N-dealkylation sites (tertiary alicyclic amines) is 1. The van der Waals surface area contributed by atoms with E-state index in [2.05, 4.69) is 20.1 Å². The molecule has 1 aliphatic carbocycles. The molecule has 3 atom stereocenters.